The smallest absolute Gasteiger partial charge is 0.186 e. The molecule has 0 radical (unpaired) electrons. The van der Waals surface area contributed by atoms with Gasteiger partial charge in [0.15, 0.2) is 6.29 Å². The Hall–Kier alpha value is -0.240. The molecular weight excluding hydrogens is 586 g/mol. The minimum atomic E-state index is -0.492. The van der Waals surface area contributed by atoms with Gasteiger partial charge in [-0.05, 0) is 19.3 Å². The lowest BCUT2D eigenvalue weighted by atomic mass is 9.97. The molecule has 0 unspecified atom stereocenters. The zero-order chi connectivity index (χ0) is 34.0. The molecule has 282 valence electrons. The lowest BCUT2D eigenvalue weighted by molar-refractivity contribution is -0.311. The molecule has 1 aliphatic rings. The Bertz CT molecular complexity index is 623. The Kier molecular flexibility index (Phi) is 32.6. The van der Waals surface area contributed by atoms with Gasteiger partial charge in [-0.3, -0.25) is 0 Å². The zero-order valence-electron chi connectivity index (χ0n) is 32.1. The molecule has 1 fully saturated rings. The second kappa shape index (κ2) is 34.2. The summed E-state index contributed by atoms with van der Waals surface area (Å²) in [6.45, 7) is 9.30. The van der Waals surface area contributed by atoms with Crippen LogP contribution in [-0.4, -0.2) is 64.2 Å². The van der Waals surface area contributed by atoms with E-state index in [1.807, 2.05) is 0 Å². The molecule has 47 heavy (non-hydrogen) atoms. The molecule has 0 bridgehead atoms. The first-order valence-corrected chi connectivity index (χ1v) is 21.0. The monoisotopic (exact) mass is 670 g/mol. The zero-order valence-corrected chi connectivity index (χ0v) is 32.1. The van der Waals surface area contributed by atoms with Crippen molar-refractivity contribution in [3.8, 4) is 0 Å². The van der Waals surface area contributed by atoms with Crippen molar-refractivity contribution in [2.75, 3.05) is 33.5 Å². The Balaban J connectivity index is 2.49. The van der Waals surface area contributed by atoms with Gasteiger partial charge in [-0.25, -0.2) is 0 Å². The molecule has 2 N–H and O–H groups in total. The van der Waals surface area contributed by atoms with Gasteiger partial charge in [0, 0.05) is 33.5 Å². The van der Waals surface area contributed by atoms with Crippen LogP contribution in [0, 0.1) is 0 Å². The second-order valence-corrected chi connectivity index (χ2v) is 14.4. The van der Waals surface area contributed by atoms with Crippen molar-refractivity contribution in [3.63, 3.8) is 0 Å². The minimum absolute atomic E-state index is 0.238. The van der Waals surface area contributed by atoms with Crippen LogP contribution in [-0.2, 0) is 23.7 Å². The predicted octanol–water partition coefficient (Wildman–Crippen LogP) is 11.5. The molecule has 0 aliphatic carbocycles. The van der Waals surface area contributed by atoms with E-state index in [0.29, 0.717) is 26.4 Å². The number of hydrogen-bond donors (Lipinski definition) is 1. The highest BCUT2D eigenvalue weighted by Gasteiger charge is 2.48. The molecule has 1 rings (SSSR count). The SMILES string of the molecule is CCCCCCCCCCCCCCO[C@@H]1[C@@H](OCCCCCC)[C@@H](OC)O[C@H](CN)[C@H]1OCCCCCCCCCCCCCC. The maximum Gasteiger partial charge on any atom is 0.186 e. The van der Waals surface area contributed by atoms with Crippen molar-refractivity contribution in [1.82, 2.24) is 0 Å². The van der Waals surface area contributed by atoms with Crippen LogP contribution in [0.1, 0.15) is 201 Å². The molecule has 0 aromatic rings. The fourth-order valence-corrected chi connectivity index (χ4v) is 6.90. The van der Waals surface area contributed by atoms with Crippen molar-refractivity contribution in [2.24, 2.45) is 5.73 Å². The molecule has 0 aromatic carbocycles. The Morgan fingerprint density at radius 3 is 1.04 bits per heavy atom. The lowest BCUT2D eigenvalue weighted by Crippen LogP contribution is -2.62. The molecule has 1 saturated heterocycles. The van der Waals surface area contributed by atoms with E-state index in [0.717, 1.165) is 19.3 Å². The third kappa shape index (κ3) is 23.7. The third-order valence-corrected chi connectivity index (χ3v) is 9.98. The van der Waals surface area contributed by atoms with Crippen LogP contribution >= 0.6 is 0 Å². The van der Waals surface area contributed by atoms with Crippen LogP contribution in [0.3, 0.4) is 0 Å². The van der Waals surface area contributed by atoms with E-state index in [1.165, 1.54) is 161 Å². The molecule has 6 nitrogen and oxygen atoms in total. The van der Waals surface area contributed by atoms with Crippen LogP contribution in [0.25, 0.3) is 0 Å². The highest BCUT2D eigenvalue weighted by atomic mass is 16.7. The third-order valence-electron chi connectivity index (χ3n) is 9.98. The topological polar surface area (TPSA) is 72.2 Å². The summed E-state index contributed by atoms with van der Waals surface area (Å²) >= 11 is 0. The van der Waals surface area contributed by atoms with E-state index in [2.05, 4.69) is 20.8 Å². The average Bonchev–Trinajstić information content (AvgIpc) is 3.09. The van der Waals surface area contributed by atoms with Gasteiger partial charge in [0.2, 0.25) is 0 Å². The van der Waals surface area contributed by atoms with Gasteiger partial charge in [0.1, 0.15) is 24.4 Å². The number of methoxy groups -OCH3 is 1. The van der Waals surface area contributed by atoms with E-state index in [4.69, 9.17) is 29.4 Å². The van der Waals surface area contributed by atoms with Crippen LogP contribution in [0.15, 0.2) is 0 Å². The summed E-state index contributed by atoms with van der Waals surface area (Å²) in [6, 6.07) is 0. The van der Waals surface area contributed by atoms with Crippen LogP contribution in [0.5, 0.6) is 0 Å². The molecular formula is C41H83NO5. The summed E-state index contributed by atoms with van der Waals surface area (Å²) in [5.41, 5.74) is 6.23. The number of rotatable bonds is 36. The molecule has 0 spiro atoms. The fourth-order valence-electron chi connectivity index (χ4n) is 6.90. The average molecular weight is 670 g/mol. The molecule has 0 aromatic heterocycles. The molecule has 5 atom stereocenters. The first kappa shape index (κ1) is 44.8. The summed E-state index contributed by atoms with van der Waals surface area (Å²) in [5, 5.41) is 0. The van der Waals surface area contributed by atoms with Gasteiger partial charge in [0.25, 0.3) is 0 Å². The second-order valence-electron chi connectivity index (χ2n) is 14.4. The molecule has 6 heteroatoms. The van der Waals surface area contributed by atoms with E-state index in [1.54, 1.807) is 7.11 Å². The van der Waals surface area contributed by atoms with Crippen molar-refractivity contribution in [3.05, 3.63) is 0 Å². The number of hydrogen-bond acceptors (Lipinski definition) is 6. The molecule has 1 aliphatic heterocycles. The van der Waals surface area contributed by atoms with Crippen molar-refractivity contribution in [1.29, 1.82) is 0 Å². The van der Waals surface area contributed by atoms with Gasteiger partial charge >= 0.3 is 0 Å². The largest absolute Gasteiger partial charge is 0.373 e. The summed E-state index contributed by atoms with van der Waals surface area (Å²) in [5.74, 6) is 0. The van der Waals surface area contributed by atoms with Gasteiger partial charge in [-0.15, -0.1) is 0 Å². The quantitative estimate of drug-likeness (QED) is 0.0669. The maximum atomic E-state index is 6.64. The van der Waals surface area contributed by atoms with Crippen molar-refractivity contribution in [2.45, 2.75) is 231 Å². The first-order valence-electron chi connectivity index (χ1n) is 21.0. The summed E-state index contributed by atoms with van der Waals surface area (Å²) in [7, 11) is 1.70. The number of nitrogens with two attached hydrogens (primary N) is 1. The summed E-state index contributed by atoms with van der Waals surface area (Å²) < 4.78 is 31.8. The standard InChI is InChI=1S/C41H83NO5/c1-5-8-11-14-16-18-20-22-24-26-28-31-33-44-38-37(36-42)47-41(43-4)40(46-35-30-13-10-7-3)39(38)45-34-32-29-27-25-23-21-19-17-15-12-9-6-2/h37-41H,5-36,42H2,1-4H3/t37-,38-,39+,40-,41+/m1/s1. The Morgan fingerprint density at radius 1 is 0.404 bits per heavy atom. The molecule has 0 amide bonds. The highest BCUT2D eigenvalue weighted by molar-refractivity contribution is 4.93. The van der Waals surface area contributed by atoms with E-state index in [-0.39, 0.29) is 24.4 Å². The predicted molar refractivity (Wildman–Crippen MR) is 200 cm³/mol. The van der Waals surface area contributed by atoms with Crippen LogP contribution < -0.4 is 5.73 Å². The van der Waals surface area contributed by atoms with Gasteiger partial charge in [-0.1, -0.05) is 181 Å². The van der Waals surface area contributed by atoms with Crippen molar-refractivity contribution >= 4 is 0 Å². The lowest BCUT2D eigenvalue weighted by Gasteiger charge is -2.45. The molecule has 1 heterocycles. The maximum absolute atomic E-state index is 6.64. The highest BCUT2D eigenvalue weighted by Crippen LogP contribution is 2.29. The minimum Gasteiger partial charge on any atom is -0.373 e. The van der Waals surface area contributed by atoms with E-state index >= 15 is 0 Å². The van der Waals surface area contributed by atoms with Crippen LogP contribution in [0.4, 0.5) is 0 Å². The number of ether oxygens (including phenoxy) is 5. The van der Waals surface area contributed by atoms with Gasteiger partial charge < -0.3 is 29.4 Å². The van der Waals surface area contributed by atoms with E-state index < -0.39 is 6.29 Å². The Labute approximate surface area is 293 Å². The van der Waals surface area contributed by atoms with E-state index in [9.17, 15) is 0 Å². The van der Waals surface area contributed by atoms with Crippen LogP contribution in [0.2, 0.25) is 0 Å². The molecule has 0 saturated carbocycles. The van der Waals surface area contributed by atoms with Gasteiger partial charge in [0.05, 0.1) is 0 Å². The fraction of sp³-hybridized carbons (Fsp3) is 1.00. The van der Waals surface area contributed by atoms with Gasteiger partial charge in [-0.2, -0.15) is 0 Å². The normalized spacial score (nSPS) is 21.5. The van der Waals surface area contributed by atoms with Crippen molar-refractivity contribution < 1.29 is 23.7 Å². The summed E-state index contributed by atoms with van der Waals surface area (Å²) in [6.07, 6.45) is 35.2. The Morgan fingerprint density at radius 2 is 0.702 bits per heavy atom. The summed E-state index contributed by atoms with van der Waals surface area (Å²) in [4.78, 5) is 0. The first-order chi connectivity index (χ1) is 23.2. The number of unbranched alkanes of at least 4 members (excludes halogenated alkanes) is 25.